The lowest BCUT2D eigenvalue weighted by molar-refractivity contribution is 0.120. The predicted molar refractivity (Wildman–Crippen MR) is 63.8 cm³/mol. The fourth-order valence-electron chi connectivity index (χ4n) is 1.73. The van der Waals surface area contributed by atoms with Crippen LogP contribution in [0.2, 0.25) is 0 Å². The van der Waals surface area contributed by atoms with E-state index in [1.165, 1.54) is 11.2 Å². The highest BCUT2D eigenvalue weighted by molar-refractivity contribution is 5.75. The van der Waals surface area contributed by atoms with Gasteiger partial charge in [-0.2, -0.15) is 0 Å². The van der Waals surface area contributed by atoms with Crippen LogP contribution in [0.25, 0.3) is 0 Å². The first kappa shape index (κ1) is 10.6. The minimum Gasteiger partial charge on any atom is -0.473 e. The zero-order chi connectivity index (χ0) is 12.4. The number of hydrogen-bond acceptors (Lipinski definition) is 5. The molecule has 0 radical (unpaired) electrons. The summed E-state index contributed by atoms with van der Waals surface area (Å²) in [4.78, 5) is 17.0. The van der Waals surface area contributed by atoms with Crippen LogP contribution in [0.3, 0.4) is 0 Å². The number of ether oxygens (including phenoxy) is 2. The van der Waals surface area contributed by atoms with Crippen molar-refractivity contribution in [3.05, 3.63) is 42.2 Å². The number of aliphatic imine (C=N–C) groups is 1. The first-order chi connectivity index (χ1) is 8.84. The number of carbonyl (C=O) groups excluding carboxylic acids is 1. The molecule has 92 valence electrons. The monoisotopic (exact) mass is 245 g/mol. The third-order valence-corrected chi connectivity index (χ3v) is 2.62. The van der Waals surface area contributed by atoms with Crippen molar-refractivity contribution in [1.29, 1.82) is 0 Å². The third kappa shape index (κ3) is 1.88. The molecule has 1 amide bonds. The summed E-state index contributed by atoms with van der Waals surface area (Å²) < 4.78 is 10.6. The average molecular weight is 245 g/mol. The maximum absolute atomic E-state index is 11.6. The molecule has 6 heteroatoms. The van der Waals surface area contributed by atoms with Crippen LogP contribution < -0.4 is 10.1 Å². The number of para-hydroxylation sites is 1. The molecular weight excluding hydrogens is 234 g/mol. The minimum atomic E-state index is -0.557. The smallest absolute Gasteiger partial charge is 0.419 e. The topological polar surface area (TPSA) is 63.2 Å². The summed E-state index contributed by atoms with van der Waals surface area (Å²) >= 11 is 0. The molecule has 1 aromatic carbocycles. The summed E-state index contributed by atoms with van der Waals surface area (Å²) in [5.74, 6) is 0.696. The molecule has 0 bridgehead atoms. The van der Waals surface area contributed by atoms with Crippen molar-refractivity contribution in [2.75, 3.05) is 6.73 Å². The second-order valence-electron chi connectivity index (χ2n) is 3.76. The lowest BCUT2D eigenvalue weighted by Crippen LogP contribution is -2.30. The maximum Gasteiger partial charge on any atom is 0.419 e. The highest BCUT2D eigenvalue weighted by atomic mass is 16.6. The van der Waals surface area contributed by atoms with Gasteiger partial charge in [-0.3, -0.25) is 0 Å². The van der Waals surface area contributed by atoms with E-state index >= 15 is 0 Å². The molecule has 0 aliphatic carbocycles. The summed E-state index contributed by atoms with van der Waals surface area (Å²) in [5.41, 5.74) is 0.651. The first-order valence-corrected chi connectivity index (χ1v) is 5.48. The van der Waals surface area contributed by atoms with E-state index in [-0.39, 0.29) is 6.73 Å². The zero-order valence-electron chi connectivity index (χ0n) is 9.45. The standard InChI is InChI=1S/C12H11N3O3/c16-12-15(8-17-9-4-2-1-3-5-9)10-6-13-7-14-11(10)18-12/h1-7,11H,8H2,(H,13,14). The van der Waals surface area contributed by atoms with Crippen molar-refractivity contribution >= 4 is 12.4 Å². The second-order valence-corrected chi connectivity index (χ2v) is 3.76. The zero-order valence-corrected chi connectivity index (χ0v) is 9.45. The Morgan fingerprint density at radius 2 is 2.22 bits per heavy atom. The molecule has 1 atom stereocenters. The van der Waals surface area contributed by atoms with Gasteiger partial charge < -0.3 is 14.8 Å². The minimum absolute atomic E-state index is 0.0996. The normalized spacial score (nSPS) is 20.9. The molecule has 3 rings (SSSR count). The van der Waals surface area contributed by atoms with Crippen molar-refractivity contribution in [3.8, 4) is 5.75 Å². The Hall–Kier alpha value is -2.50. The van der Waals surface area contributed by atoms with Crippen LogP contribution in [0, 0.1) is 0 Å². The van der Waals surface area contributed by atoms with E-state index in [0.29, 0.717) is 11.4 Å². The van der Waals surface area contributed by atoms with Crippen molar-refractivity contribution in [1.82, 2.24) is 10.2 Å². The third-order valence-electron chi connectivity index (χ3n) is 2.62. The lowest BCUT2D eigenvalue weighted by Gasteiger charge is -2.17. The van der Waals surface area contributed by atoms with Gasteiger partial charge in [0.25, 0.3) is 0 Å². The Labute approximate surface area is 104 Å². The first-order valence-electron chi connectivity index (χ1n) is 5.48. The van der Waals surface area contributed by atoms with Crippen LogP contribution >= 0.6 is 0 Å². The molecule has 1 fully saturated rings. The van der Waals surface area contributed by atoms with Crippen molar-refractivity contribution in [3.63, 3.8) is 0 Å². The molecule has 2 heterocycles. The van der Waals surface area contributed by atoms with Crippen LogP contribution in [0.1, 0.15) is 0 Å². The van der Waals surface area contributed by atoms with Crippen LogP contribution in [-0.4, -0.2) is 30.3 Å². The molecule has 2 aliphatic rings. The van der Waals surface area contributed by atoms with Crippen molar-refractivity contribution < 1.29 is 14.3 Å². The summed E-state index contributed by atoms with van der Waals surface area (Å²) in [5, 5.41) is 2.82. The SMILES string of the molecule is O=C1OC2N=CNC=C2N1COc1ccccc1. The second kappa shape index (κ2) is 4.40. The molecule has 0 spiro atoms. The molecule has 1 saturated heterocycles. The Bertz CT molecular complexity index is 513. The molecule has 0 aromatic heterocycles. The molecule has 18 heavy (non-hydrogen) atoms. The predicted octanol–water partition coefficient (Wildman–Crippen LogP) is 1.27. The summed E-state index contributed by atoms with van der Waals surface area (Å²) in [6.45, 7) is 0.0996. The van der Waals surface area contributed by atoms with E-state index in [1.807, 2.05) is 30.3 Å². The molecule has 6 nitrogen and oxygen atoms in total. The summed E-state index contributed by atoms with van der Waals surface area (Å²) in [6, 6.07) is 9.28. The van der Waals surface area contributed by atoms with E-state index in [4.69, 9.17) is 9.47 Å². The van der Waals surface area contributed by atoms with Gasteiger partial charge in [-0.15, -0.1) is 0 Å². The molecule has 2 aliphatic heterocycles. The largest absolute Gasteiger partial charge is 0.473 e. The van der Waals surface area contributed by atoms with Crippen LogP contribution in [0.5, 0.6) is 5.75 Å². The van der Waals surface area contributed by atoms with Gasteiger partial charge in [0.2, 0.25) is 6.23 Å². The Balaban J connectivity index is 1.69. The number of nitrogens with one attached hydrogen (secondary N) is 1. The highest BCUT2D eigenvalue weighted by Gasteiger charge is 2.37. The molecule has 1 aromatic rings. The number of benzene rings is 1. The van der Waals surface area contributed by atoms with E-state index in [1.54, 1.807) is 6.20 Å². The van der Waals surface area contributed by atoms with Gasteiger partial charge in [0.15, 0.2) is 6.73 Å². The fourth-order valence-corrected chi connectivity index (χ4v) is 1.73. The van der Waals surface area contributed by atoms with E-state index in [9.17, 15) is 4.79 Å². The van der Waals surface area contributed by atoms with Crippen LogP contribution in [0.15, 0.2) is 47.2 Å². The summed E-state index contributed by atoms with van der Waals surface area (Å²) in [7, 11) is 0. The number of rotatable bonds is 3. The van der Waals surface area contributed by atoms with Gasteiger partial charge in [-0.25, -0.2) is 14.7 Å². The van der Waals surface area contributed by atoms with Gasteiger partial charge in [-0.05, 0) is 12.1 Å². The van der Waals surface area contributed by atoms with Crippen molar-refractivity contribution in [2.24, 2.45) is 4.99 Å². The fraction of sp³-hybridized carbons (Fsp3) is 0.167. The quantitative estimate of drug-likeness (QED) is 0.871. The Morgan fingerprint density at radius 1 is 1.39 bits per heavy atom. The molecule has 1 unspecified atom stereocenters. The van der Waals surface area contributed by atoms with Crippen molar-refractivity contribution in [2.45, 2.75) is 6.23 Å². The van der Waals surface area contributed by atoms with E-state index < -0.39 is 12.3 Å². The van der Waals surface area contributed by atoms with Gasteiger partial charge in [0.05, 0.1) is 6.34 Å². The van der Waals surface area contributed by atoms with E-state index in [0.717, 1.165) is 0 Å². The number of hydrogen-bond donors (Lipinski definition) is 1. The lowest BCUT2D eigenvalue weighted by atomic mass is 10.3. The van der Waals surface area contributed by atoms with E-state index in [2.05, 4.69) is 10.3 Å². The highest BCUT2D eigenvalue weighted by Crippen LogP contribution is 2.25. The Kier molecular flexibility index (Phi) is 2.60. The molecule has 1 N–H and O–H groups in total. The van der Waals surface area contributed by atoms with Crippen LogP contribution in [-0.2, 0) is 4.74 Å². The summed E-state index contributed by atoms with van der Waals surface area (Å²) in [6.07, 6.45) is 2.15. The number of carbonyl (C=O) groups is 1. The maximum atomic E-state index is 11.6. The van der Waals surface area contributed by atoms with Gasteiger partial charge in [-0.1, -0.05) is 18.2 Å². The van der Waals surface area contributed by atoms with Gasteiger partial charge in [0, 0.05) is 6.20 Å². The number of amides is 1. The van der Waals surface area contributed by atoms with Gasteiger partial charge >= 0.3 is 6.09 Å². The molecule has 0 saturated carbocycles. The Morgan fingerprint density at radius 3 is 3.06 bits per heavy atom. The van der Waals surface area contributed by atoms with Crippen LogP contribution in [0.4, 0.5) is 4.79 Å². The number of nitrogens with zero attached hydrogens (tertiary/aromatic N) is 2. The molecular formula is C12H11N3O3. The average Bonchev–Trinajstić information content (AvgIpc) is 2.73. The van der Waals surface area contributed by atoms with Gasteiger partial charge in [0.1, 0.15) is 11.4 Å². The number of fused-ring (bicyclic) bond motifs is 1.